The van der Waals surface area contributed by atoms with Crippen molar-refractivity contribution in [2.24, 2.45) is 0 Å². The zero-order chi connectivity index (χ0) is 27.9. The van der Waals surface area contributed by atoms with E-state index in [2.05, 4.69) is 40.3 Å². The first-order valence-electron chi connectivity index (χ1n) is 10.3. The van der Waals surface area contributed by atoms with Crippen molar-refractivity contribution in [3.63, 3.8) is 0 Å². The molecule has 208 valence electrons. The van der Waals surface area contributed by atoms with Crippen molar-refractivity contribution in [1.82, 2.24) is 15.0 Å². The minimum absolute atomic E-state index is 0.0568. The summed E-state index contributed by atoms with van der Waals surface area (Å²) >= 11 is 0.482. The van der Waals surface area contributed by atoms with Crippen LogP contribution in [0.1, 0.15) is 0 Å². The maximum absolute atomic E-state index is 11.9. The third kappa shape index (κ3) is 8.83. The lowest BCUT2D eigenvalue weighted by molar-refractivity contribution is -0.432. The SMILES string of the molecule is O=S(=O)(O)CCNc1nc(NCC(O)CO)nc(Nc2ccc3c(S(=O)(=O)O)cc(SOOO)cc3c2)n1. The van der Waals surface area contributed by atoms with Crippen LogP contribution in [0.15, 0.2) is 40.1 Å². The van der Waals surface area contributed by atoms with Crippen LogP contribution in [0.4, 0.5) is 23.5 Å². The van der Waals surface area contributed by atoms with Crippen molar-refractivity contribution in [3.05, 3.63) is 30.3 Å². The third-order valence-electron chi connectivity index (χ3n) is 4.57. The van der Waals surface area contributed by atoms with Crippen molar-refractivity contribution >= 4 is 66.6 Å². The maximum Gasteiger partial charge on any atom is 0.295 e. The third-order valence-corrected chi connectivity index (χ3v) is 6.74. The number of anilines is 4. The van der Waals surface area contributed by atoms with Crippen LogP contribution in [0.3, 0.4) is 0 Å². The minimum Gasteiger partial charge on any atom is -0.394 e. The number of hydrogen-bond donors (Lipinski definition) is 8. The molecule has 8 N–H and O–H groups in total. The van der Waals surface area contributed by atoms with E-state index in [1.165, 1.54) is 24.3 Å². The predicted molar refractivity (Wildman–Crippen MR) is 134 cm³/mol. The number of rotatable bonds is 14. The summed E-state index contributed by atoms with van der Waals surface area (Å²) in [7, 11) is -8.89. The quantitative estimate of drug-likeness (QED) is 0.0546. The lowest BCUT2D eigenvalue weighted by Crippen LogP contribution is -2.24. The standard InChI is InChI=1S/C18H22N6O11S3/c25-9-12(26)8-20-17-22-16(19-3-4-37(28,29)30)23-18(24-17)21-11-1-2-14-10(5-11)6-13(36-35-34-27)7-15(14)38(31,32)33/h1-2,5-7,12,25-27H,3-4,8-9H2,(H,28,29,30)(H,31,32,33)(H3,19,20,21,22,23,24). The van der Waals surface area contributed by atoms with Gasteiger partial charge in [-0.25, -0.2) is 5.26 Å². The van der Waals surface area contributed by atoms with Crippen molar-refractivity contribution in [2.45, 2.75) is 15.9 Å². The number of aliphatic hydroxyl groups is 2. The molecule has 3 aromatic rings. The summed E-state index contributed by atoms with van der Waals surface area (Å²) in [5.74, 6) is -0.841. The first-order valence-corrected chi connectivity index (χ1v) is 14.1. The number of aliphatic hydroxyl groups excluding tert-OH is 2. The zero-order valence-electron chi connectivity index (χ0n) is 19.0. The van der Waals surface area contributed by atoms with E-state index in [-0.39, 0.29) is 41.2 Å². The van der Waals surface area contributed by atoms with Gasteiger partial charge in [0, 0.05) is 29.1 Å². The van der Waals surface area contributed by atoms with E-state index in [4.69, 9.17) is 14.9 Å². The number of aromatic nitrogens is 3. The monoisotopic (exact) mass is 594 g/mol. The molecule has 3 rings (SSSR count). The molecule has 17 nitrogen and oxygen atoms in total. The number of hydrogen-bond acceptors (Lipinski definition) is 16. The van der Waals surface area contributed by atoms with Gasteiger partial charge in [0.05, 0.1) is 30.5 Å². The second-order valence-electron chi connectivity index (χ2n) is 7.42. The average Bonchev–Trinajstić information content (AvgIpc) is 2.84. The van der Waals surface area contributed by atoms with Crippen LogP contribution in [0.2, 0.25) is 0 Å². The number of nitrogens with zero attached hydrogens (tertiary/aromatic N) is 3. The van der Waals surface area contributed by atoms with Crippen LogP contribution >= 0.6 is 12.0 Å². The van der Waals surface area contributed by atoms with E-state index >= 15 is 0 Å². The number of nitrogens with one attached hydrogen (secondary N) is 3. The van der Waals surface area contributed by atoms with Crippen LogP contribution < -0.4 is 16.0 Å². The highest BCUT2D eigenvalue weighted by atomic mass is 32.2. The largest absolute Gasteiger partial charge is 0.394 e. The van der Waals surface area contributed by atoms with Crippen LogP contribution in [-0.2, 0) is 29.6 Å². The molecule has 0 aliphatic heterocycles. The predicted octanol–water partition coefficient (Wildman–Crippen LogP) is 0.508. The molecule has 0 radical (unpaired) electrons. The molecule has 20 heteroatoms. The Balaban J connectivity index is 1.95. The van der Waals surface area contributed by atoms with E-state index in [0.717, 1.165) is 6.07 Å². The highest BCUT2D eigenvalue weighted by molar-refractivity contribution is 7.94. The van der Waals surface area contributed by atoms with Crippen LogP contribution in [0, 0.1) is 0 Å². The smallest absolute Gasteiger partial charge is 0.295 e. The molecule has 38 heavy (non-hydrogen) atoms. The van der Waals surface area contributed by atoms with Gasteiger partial charge in [-0.3, -0.25) is 9.11 Å². The van der Waals surface area contributed by atoms with Gasteiger partial charge in [0.15, 0.2) is 0 Å². The van der Waals surface area contributed by atoms with Gasteiger partial charge in [0.25, 0.3) is 20.2 Å². The van der Waals surface area contributed by atoms with Crippen LogP contribution in [-0.4, -0.2) is 87.9 Å². The van der Waals surface area contributed by atoms with Crippen molar-refractivity contribution in [2.75, 3.05) is 41.4 Å². The Bertz CT molecular complexity index is 1490. The summed E-state index contributed by atoms with van der Waals surface area (Å²) in [5.41, 5.74) is 0.344. The average molecular weight is 595 g/mol. The van der Waals surface area contributed by atoms with Gasteiger partial charge in [0.2, 0.25) is 17.8 Å². The van der Waals surface area contributed by atoms with Crippen LogP contribution in [0.25, 0.3) is 10.8 Å². The molecule has 0 aliphatic rings. The van der Waals surface area contributed by atoms with Gasteiger partial charge in [0.1, 0.15) is 4.90 Å². The Hall–Kier alpha value is -2.92. The molecule has 1 heterocycles. The van der Waals surface area contributed by atoms with Crippen molar-refractivity contribution in [3.8, 4) is 0 Å². The second kappa shape index (κ2) is 12.8. The normalized spacial score (nSPS) is 12.9. The lowest BCUT2D eigenvalue weighted by atomic mass is 10.1. The molecule has 2 aromatic carbocycles. The molecule has 1 atom stereocenters. The van der Waals surface area contributed by atoms with Crippen molar-refractivity contribution < 1.29 is 50.8 Å². The van der Waals surface area contributed by atoms with Gasteiger partial charge in [-0.05, 0) is 29.7 Å². The fourth-order valence-corrected chi connectivity index (χ4v) is 4.61. The van der Waals surface area contributed by atoms with E-state index in [1.54, 1.807) is 0 Å². The molecule has 1 unspecified atom stereocenters. The molecule has 0 saturated heterocycles. The van der Waals surface area contributed by atoms with E-state index < -0.39 is 43.6 Å². The Morgan fingerprint density at radius 1 is 0.974 bits per heavy atom. The second-order valence-corrected chi connectivity index (χ2v) is 11.2. The number of benzene rings is 2. The molecular weight excluding hydrogens is 572 g/mol. The summed E-state index contributed by atoms with van der Waals surface area (Å²) in [6.07, 6.45) is -1.12. The van der Waals surface area contributed by atoms with Gasteiger partial charge >= 0.3 is 0 Å². The topological polar surface area (TPSA) is 263 Å². The Morgan fingerprint density at radius 3 is 2.29 bits per heavy atom. The van der Waals surface area contributed by atoms with Gasteiger partial charge < -0.3 is 26.2 Å². The molecule has 0 spiro atoms. The summed E-state index contributed by atoms with van der Waals surface area (Å²) in [6.45, 7) is -0.894. The van der Waals surface area contributed by atoms with E-state index in [9.17, 15) is 26.5 Å². The summed E-state index contributed by atoms with van der Waals surface area (Å²) in [6, 6.07) is 6.96. The molecular formula is C18H22N6O11S3. The molecule has 0 bridgehead atoms. The Labute approximate surface area is 219 Å². The van der Waals surface area contributed by atoms with Crippen LogP contribution in [0.5, 0.6) is 0 Å². The van der Waals surface area contributed by atoms with Crippen molar-refractivity contribution in [1.29, 1.82) is 0 Å². The van der Waals surface area contributed by atoms with Gasteiger partial charge in [-0.1, -0.05) is 11.1 Å². The Morgan fingerprint density at radius 2 is 1.66 bits per heavy atom. The minimum atomic E-state index is -4.64. The molecule has 0 amide bonds. The van der Waals surface area contributed by atoms with E-state index in [1.807, 2.05) is 0 Å². The summed E-state index contributed by atoms with van der Waals surface area (Å²) in [5, 5.41) is 39.1. The first kappa shape index (κ1) is 29.6. The highest BCUT2D eigenvalue weighted by Crippen LogP contribution is 2.32. The van der Waals surface area contributed by atoms with Gasteiger partial charge in [-0.15, -0.1) is 4.33 Å². The molecule has 1 aromatic heterocycles. The van der Waals surface area contributed by atoms with Gasteiger partial charge in [-0.2, -0.15) is 31.8 Å². The lowest BCUT2D eigenvalue weighted by Gasteiger charge is -2.13. The molecule has 0 fully saturated rings. The molecule has 0 saturated carbocycles. The fourth-order valence-electron chi connectivity index (χ4n) is 2.99. The highest BCUT2D eigenvalue weighted by Gasteiger charge is 2.17. The Kier molecular flexibility index (Phi) is 9.94. The maximum atomic E-state index is 11.9. The summed E-state index contributed by atoms with van der Waals surface area (Å²) in [4.78, 5) is 12.0. The van der Waals surface area contributed by atoms with E-state index in [0.29, 0.717) is 23.1 Å². The fraction of sp³-hybridized carbons (Fsp3) is 0.278. The summed E-state index contributed by atoms with van der Waals surface area (Å²) < 4.78 is 68.6. The molecule has 0 aliphatic carbocycles. The zero-order valence-corrected chi connectivity index (χ0v) is 21.5. The number of fused-ring (bicyclic) bond motifs is 1. The first-order chi connectivity index (χ1) is 17.9.